The smallest absolute Gasteiger partial charge is 0.509 e. The zero-order valence-electron chi connectivity index (χ0n) is 38.7. The number of rotatable bonds is 8. The molecule has 0 amide bonds. The average Bonchev–Trinajstić information content (AvgIpc) is 3.89. The first-order valence-corrected chi connectivity index (χ1v) is 22.4. The van der Waals surface area contributed by atoms with Gasteiger partial charge in [-0.3, -0.25) is 4.68 Å². The Morgan fingerprint density at radius 2 is 1.14 bits per heavy atom. The molecule has 0 radical (unpaired) electrons. The first kappa shape index (κ1) is 44.4. The molecule has 0 atom stereocenters. The average molecular weight is 1040 g/mol. The van der Waals surface area contributed by atoms with Crippen LogP contribution in [0.3, 0.4) is 0 Å². The Morgan fingerprint density at radius 1 is 0.515 bits per heavy atom. The first-order chi connectivity index (χ1) is 31.3. The molecule has 6 heteroatoms. The molecule has 5 nitrogen and oxygen atoms in total. The summed E-state index contributed by atoms with van der Waals surface area (Å²) < 4.78 is 10.9. The molecule has 0 N–H and O–H groups in total. The van der Waals surface area contributed by atoms with Gasteiger partial charge in [0.05, 0.1) is 11.4 Å². The van der Waals surface area contributed by atoms with Crippen LogP contribution in [-0.2, 0) is 31.9 Å². The Morgan fingerprint density at radius 3 is 1.89 bits per heavy atom. The molecule has 3 heterocycles. The van der Waals surface area contributed by atoms with Gasteiger partial charge in [0.25, 0.3) is 0 Å². The van der Waals surface area contributed by atoms with Crippen molar-refractivity contribution < 1.29 is 25.8 Å². The van der Waals surface area contributed by atoms with Crippen molar-refractivity contribution in [2.45, 2.75) is 66.2 Å². The molecule has 10 aromatic rings. The van der Waals surface area contributed by atoms with Crippen LogP contribution in [0.25, 0.3) is 78.1 Å². The number of fused-ring (bicyclic) bond motifs is 3. The number of benzene rings is 7. The zero-order chi connectivity index (χ0) is 45.0. The quantitative estimate of drug-likeness (QED) is 0.142. The van der Waals surface area contributed by atoms with E-state index in [1.54, 1.807) is 0 Å². The molecule has 0 unspecified atom stereocenters. The van der Waals surface area contributed by atoms with E-state index in [1.165, 1.54) is 33.4 Å². The second-order valence-corrected chi connectivity index (χ2v) is 19.2. The summed E-state index contributed by atoms with van der Waals surface area (Å²) in [5, 5.41) is 7.45. The fourth-order valence-corrected chi connectivity index (χ4v) is 8.96. The third-order valence-corrected chi connectivity index (χ3v) is 12.5. The molecule has 7 aromatic carbocycles. The summed E-state index contributed by atoms with van der Waals surface area (Å²) in [4.78, 5) is 4.95. The maximum Gasteiger partial charge on any atom is 2.00 e. The summed E-state index contributed by atoms with van der Waals surface area (Å²) >= 11 is 0. The summed E-state index contributed by atoms with van der Waals surface area (Å²) in [6, 6.07) is 65.0. The van der Waals surface area contributed by atoms with Crippen molar-refractivity contribution in [3.05, 3.63) is 204 Å². The monoisotopic (exact) mass is 1040 g/mol. The molecule has 0 spiro atoms. The van der Waals surface area contributed by atoms with Crippen molar-refractivity contribution in [1.29, 1.82) is 0 Å². The van der Waals surface area contributed by atoms with Gasteiger partial charge in [-0.1, -0.05) is 138 Å². The summed E-state index contributed by atoms with van der Waals surface area (Å²) in [7, 11) is 0. The van der Waals surface area contributed by atoms with Crippen molar-refractivity contribution in [3.63, 3.8) is 0 Å². The normalized spacial score (nSPS) is 11.8. The molecule has 0 aliphatic heterocycles. The minimum atomic E-state index is -0.0141. The van der Waals surface area contributed by atoms with Crippen molar-refractivity contribution in [3.8, 4) is 67.8 Å². The molecule has 0 saturated heterocycles. The molecule has 328 valence electrons. The van der Waals surface area contributed by atoms with Gasteiger partial charge in [0.15, 0.2) is 0 Å². The Labute approximate surface area is 403 Å². The van der Waals surface area contributed by atoms with E-state index in [1.807, 2.05) is 35.1 Å². The van der Waals surface area contributed by atoms with Crippen LogP contribution < -0.4 is 4.74 Å². The van der Waals surface area contributed by atoms with Crippen LogP contribution in [0.5, 0.6) is 11.5 Å². The second kappa shape index (κ2) is 17.5. The maximum absolute atomic E-state index is 6.67. The number of hydrogen-bond acceptors (Lipinski definition) is 3. The van der Waals surface area contributed by atoms with Crippen LogP contribution in [0.15, 0.2) is 170 Å². The molecular formula is C60H52N4OPt. The maximum atomic E-state index is 6.67. The Bertz CT molecular complexity index is 3390. The predicted octanol–water partition coefficient (Wildman–Crippen LogP) is 15.6. The fraction of sp³-hybridized carbons (Fsp3) is 0.167. The molecule has 0 aliphatic rings. The van der Waals surface area contributed by atoms with Gasteiger partial charge < -0.3 is 9.30 Å². The van der Waals surface area contributed by atoms with Crippen LogP contribution in [0.4, 0.5) is 0 Å². The summed E-state index contributed by atoms with van der Waals surface area (Å²) in [6.45, 7) is 17.8. The van der Waals surface area contributed by atoms with Gasteiger partial charge in [-0.2, -0.15) is 17.2 Å². The molecule has 0 aliphatic carbocycles. The van der Waals surface area contributed by atoms with E-state index >= 15 is 0 Å². The van der Waals surface area contributed by atoms with Gasteiger partial charge in [-0.05, 0) is 123 Å². The van der Waals surface area contributed by atoms with Crippen molar-refractivity contribution in [2.24, 2.45) is 0 Å². The molecule has 10 rings (SSSR count). The van der Waals surface area contributed by atoms with Gasteiger partial charge in [-0.25, -0.2) is 4.98 Å². The summed E-state index contributed by atoms with van der Waals surface area (Å²) in [6.07, 6.45) is 1.90. The largest absolute Gasteiger partial charge is 2.00 e. The second-order valence-electron chi connectivity index (χ2n) is 19.2. The van der Waals surface area contributed by atoms with E-state index in [4.69, 9.17) is 14.8 Å². The first-order valence-electron chi connectivity index (χ1n) is 22.4. The molecule has 0 saturated carbocycles. The number of nitrogens with zero attached hydrogens (tertiary/aromatic N) is 4. The minimum absolute atomic E-state index is 0. The SMILES string of the molecule is Cc1cccc(C)c1-c1cccc(-c2ccnc(-n3c4[c-]c(Oc5[c-]c(-n6nc(-c7cccc(C(C)(C)C)c7)cc6-c6cccc(C(C)(C)C)c6)ccc5)ccc4c4ccccc43)c2)c1.[Pt+2]. The Balaban J connectivity index is 0.00000548. The predicted molar refractivity (Wildman–Crippen MR) is 269 cm³/mol. The molecule has 0 bridgehead atoms. The molecule has 3 aromatic heterocycles. The van der Waals surface area contributed by atoms with Gasteiger partial charge in [0.1, 0.15) is 5.82 Å². The van der Waals surface area contributed by atoms with Gasteiger partial charge in [0.2, 0.25) is 0 Å². The fourth-order valence-electron chi connectivity index (χ4n) is 8.96. The van der Waals surface area contributed by atoms with Crippen LogP contribution in [-0.4, -0.2) is 19.3 Å². The number of para-hydroxylation sites is 1. The van der Waals surface area contributed by atoms with Crippen molar-refractivity contribution in [1.82, 2.24) is 19.3 Å². The van der Waals surface area contributed by atoms with E-state index in [9.17, 15) is 0 Å². The molecular weight excluding hydrogens is 988 g/mol. The number of aryl methyl sites for hydroxylation is 2. The van der Waals surface area contributed by atoms with E-state index in [2.05, 4.69) is 212 Å². The molecule has 66 heavy (non-hydrogen) atoms. The van der Waals surface area contributed by atoms with Gasteiger partial charge >= 0.3 is 21.1 Å². The van der Waals surface area contributed by atoms with E-state index < -0.39 is 0 Å². The van der Waals surface area contributed by atoms with Gasteiger partial charge in [-0.15, -0.1) is 35.7 Å². The Kier molecular flexibility index (Phi) is 11.8. The van der Waals surface area contributed by atoms with Crippen LogP contribution in [0.1, 0.15) is 63.8 Å². The van der Waals surface area contributed by atoms with Crippen LogP contribution in [0, 0.1) is 26.0 Å². The minimum Gasteiger partial charge on any atom is -0.509 e. The standard InChI is InChI=1S/C60H52N4O.Pt/c1-39-16-11-17-40(2)58(39)45-21-12-18-41(32-45)42-30-31-61-57(35-42)63-54-27-10-9-26-51(54)52-29-28-50(37-56(52)63)65-49-25-15-24-48(36-49)64-55(44-20-14-23-47(34-44)60(6,7)8)38-53(62-64)43-19-13-22-46(33-43)59(3,4)5;/h9-35,38H,1-8H3;/q-2;+2. The number of aromatic nitrogens is 4. The van der Waals surface area contributed by atoms with Crippen molar-refractivity contribution in [2.75, 3.05) is 0 Å². The number of pyridine rings is 1. The third kappa shape index (κ3) is 8.57. The summed E-state index contributed by atoms with van der Waals surface area (Å²) in [5.74, 6) is 1.94. The zero-order valence-corrected chi connectivity index (χ0v) is 41.0. The van der Waals surface area contributed by atoms with E-state index in [0.29, 0.717) is 11.5 Å². The Hall–Kier alpha value is -6.81. The number of ether oxygens (including phenoxy) is 1. The van der Waals surface area contributed by atoms with E-state index in [0.717, 1.165) is 67.0 Å². The number of hydrogen-bond donors (Lipinski definition) is 0. The third-order valence-electron chi connectivity index (χ3n) is 12.5. The topological polar surface area (TPSA) is 44.9 Å². The summed E-state index contributed by atoms with van der Waals surface area (Å²) in [5.41, 5.74) is 16.5. The van der Waals surface area contributed by atoms with Crippen LogP contribution >= 0.6 is 0 Å². The van der Waals surface area contributed by atoms with Crippen LogP contribution in [0.2, 0.25) is 0 Å². The van der Waals surface area contributed by atoms with Gasteiger partial charge in [0, 0.05) is 34.3 Å². The van der Waals surface area contributed by atoms with Crippen molar-refractivity contribution >= 4 is 21.8 Å². The van der Waals surface area contributed by atoms with E-state index in [-0.39, 0.29) is 31.9 Å². The molecule has 0 fully saturated rings.